The number of hydrogen-bond acceptors (Lipinski definition) is 3. The lowest BCUT2D eigenvalue weighted by Gasteiger charge is -2.17. The van der Waals surface area contributed by atoms with Gasteiger partial charge in [0.1, 0.15) is 0 Å². The highest BCUT2D eigenvalue weighted by molar-refractivity contribution is 6.30. The van der Waals surface area contributed by atoms with Crippen LogP contribution >= 0.6 is 11.6 Å². The van der Waals surface area contributed by atoms with Gasteiger partial charge in [0.15, 0.2) is 0 Å². The summed E-state index contributed by atoms with van der Waals surface area (Å²) in [7, 11) is 0. The minimum atomic E-state index is -0.713. The molecule has 0 aliphatic carbocycles. The molecule has 0 fully saturated rings. The summed E-state index contributed by atoms with van der Waals surface area (Å²) in [6, 6.07) is 6.81. The fraction of sp³-hybridized carbons (Fsp3) is 0.562. The van der Waals surface area contributed by atoms with Crippen LogP contribution in [0.1, 0.15) is 32.4 Å². The number of benzene rings is 1. The first kappa shape index (κ1) is 18.7. The van der Waals surface area contributed by atoms with Gasteiger partial charge in [0.25, 0.3) is 0 Å². The number of urea groups is 1. The minimum Gasteiger partial charge on any atom is -0.389 e. The summed E-state index contributed by atoms with van der Waals surface area (Å²) in [5.41, 5.74) is 0.959. The Balaban J connectivity index is 2.26. The average Bonchev–Trinajstić information content (AvgIpc) is 2.45. The van der Waals surface area contributed by atoms with Gasteiger partial charge < -0.3 is 20.5 Å². The van der Waals surface area contributed by atoms with Crippen molar-refractivity contribution in [1.82, 2.24) is 10.6 Å². The third-order valence-corrected chi connectivity index (χ3v) is 3.23. The molecule has 3 N–H and O–H groups in total. The van der Waals surface area contributed by atoms with E-state index in [9.17, 15) is 9.90 Å². The number of rotatable bonds is 8. The van der Waals surface area contributed by atoms with E-state index in [0.717, 1.165) is 5.56 Å². The molecule has 0 radical (unpaired) electrons. The lowest BCUT2D eigenvalue weighted by molar-refractivity contribution is 0.0272. The third-order valence-electron chi connectivity index (χ3n) is 2.98. The Morgan fingerprint density at radius 3 is 2.45 bits per heavy atom. The number of carbonyl (C=O) groups excluding carboxylic acids is 1. The van der Waals surface area contributed by atoms with E-state index in [2.05, 4.69) is 10.6 Å². The van der Waals surface area contributed by atoms with E-state index < -0.39 is 6.10 Å². The van der Waals surface area contributed by atoms with Gasteiger partial charge in [0.2, 0.25) is 0 Å². The van der Waals surface area contributed by atoms with Crippen LogP contribution < -0.4 is 10.6 Å². The molecule has 0 aromatic heterocycles. The van der Waals surface area contributed by atoms with Crippen molar-refractivity contribution in [2.75, 3.05) is 19.8 Å². The van der Waals surface area contributed by atoms with Crippen LogP contribution in [0.5, 0.6) is 0 Å². The Bertz CT molecular complexity index is 451. The molecule has 0 bridgehead atoms. The molecule has 0 aliphatic rings. The molecule has 6 heteroatoms. The number of ether oxygens (including phenoxy) is 1. The number of nitrogens with one attached hydrogen (secondary N) is 2. The van der Waals surface area contributed by atoms with Crippen LogP contribution in [0.3, 0.4) is 0 Å². The molecule has 0 saturated heterocycles. The van der Waals surface area contributed by atoms with Crippen molar-refractivity contribution < 1.29 is 14.6 Å². The number of carbonyl (C=O) groups is 1. The SMILES string of the molecule is CC(C)COCC(O)CNC(=O)NC(C)c1ccc(Cl)cc1. The van der Waals surface area contributed by atoms with Crippen LogP contribution in [-0.2, 0) is 4.74 Å². The zero-order chi connectivity index (χ0) is 16.5. The van der Waals surface area contributed by atoms with Gasteiger partial charge in [-0.1, -0.05) is 37.6 Å². The standard InChI is InChI=1S/C16H25ClN2O3/c1-11(2)9-22-10-15(20)8-18-16(21)19-12(3)13-4-6-14(17)7-5-13/h4-7,11-12,15,20H,8-10H2,1-3H3,(H2,18,19,21). The summed E-state index contributed by atoms with van der Waals surface area (Å²) in [6.45, 7) is 6.91. The fourth-order valence-electron chi connectivity index (χ4n) is 1.79. The Hall–Kier alpha value is -1.30. The summed E-state index contributed by atoms with van der Waals surface area (Å²) in [6.07, 6.45) is -0.713. The predicted molar refractivity (Wildman–Crippen MR) is 88.1 cm³/mol. The summed E-state index contributed by atoms with van der Waals surface area (Å²) in [5, 5.41) is 15.8. The van der Waals surface area contributed by atoms with Crippen LogP contribution in [0, 0.1) is 5.92 Å². The molecule has 2 unspecified atom stereocenters. The van der Waals surface area contributed by atoms with E-state index >= 15 is 0 Å². The first-order valence-corrected chi connectivity index (χ1v) is 7.82. The van der Waals surface area contributed by atoms with Crippen molar-refractivity contribution in [2.24, 2.45) is 5.92 Å². The second kappa shape index (κ2) is 9.66. The molecule has 22 heavy (non-hydrogen) atoms. The highest BCUT2D eigenvalue weighted by Gasteiger charge is 2.11. The molecule has 5 nitrogen and oxygen atoms in total. The van der Waals surface area contributed by atoms with Crippen LogP contribution in [0.2, 0.25) is 5.02 Å². The second-order valence-corrected chi connectivity index (χ2v) is 6.15. The van der Waals surface area contributed by atoms with Gasteiger partial charge in [-0.3, -0.25) is 0 Å². The van der Waals surface area contributed by atoms with E-state index in [1.54, 1.807) is 12.1 Å². The van der Waals surface area contributed by atoms with E-state index in [4.69, 9.17) is 16.3 Å². The van der Waals surface area contributed by atoms with E-state index in [1.165, 1.54) is 0 Å². The molecule has 124 valence electrons. The van der Waals surface area contributed by atoms with Gasteiger partial charge in [-0.2, -0.15) is 0 Å². The topological polar surface area (TPSA) is 70.6 Å². The zero-order valence-electron chi connectivity index (χ0n) is 13.3. The number of amides is 2. The predicted octanol–water partition coefficient (Wildman–Crippen LogP) is 2.73. The summed E-state index contributed by atoms with van der Waals surface area (Å²) >= 11 is 5.83. The molecule has 2 atom stereocenters. The van der Waals surface area contributed by atoms with Crippen LogP contribution in [-0.4, -0.2) is 37.0 Å². The lowest BCUT2D eigenvalue weighted by Crippen LogP contribution is -2.41. The molecule has 1 aromatic rings. The van der Waals surface area contributed by atoms with Crippen molar-refractivity contribution in [3.05, 3.63) is 34.9 Å². The molecular weight excluding hydrogens is 304 g/mol. The highest BCUT2D eigenvalue weighted by Crippen LogP contribution is 2.15. The summed E-state index contributed by atoms with van der Waals surface area (Å²) in [4.78, 5) is 11.8. The van der Waals surface area contributed by atoms with Crippen LogP contribution in [0.15, 0.2) is 24.3 Å². The van der Waals surface area contributed by atoms with Crippen LogP contribution in [0.25, 0.3) is 0 Å². The molecule has 2 amide bonds. The first-order chi connectivity index (χ1) is 10.4. The maximum Gasteiger partial charge on any atom is 0.315 e. The monoisotopic (exact) mass is 328 g/mol. The molecule has 0 aliphatic heterocycles. The Labute approximate surface area is 137 Å². The second-order valence-electron chi connectivity index (χ2n) is 5.71. The fourth-order valence-corrected chi connectivity index (χ4v) is 1.92. The van der Waals surface area contributed by atoms with E-state index in [0.29, 0.717) is 17.5 Å². The van der Waals surface area contributed by atoms with Crippen molar-refractivity contribution in [2.45, 2.75) is 32.9 Å². The quantitative estimate of drug-likeness (QED) is 0.687. The molecular formula is C16H25ClN2O3. The van der Waals surface area contributed by atoms with Crippen molar-refractivity contribution >= 4 is 17.6 Å². The summed E-state index contributed by atoms with van der Waals surface area (Å²) < 4.78 is 5.32. The number of halogens is 1. The molecule has 0 spiro atoms. The van der Waals surface area contributed by atoms with E-state index in [-0.39, 0.29) is 25.2 Å². The van der Waals surface area contributed by atoms with Crippen molar-refractivity contribution in [1.29, 1.82) is 0 Å². The number of aliphatic hydroxyl groups excluding tert-OH is 1. The van der Waals surface area contributed by atoms with Crippen molar-refractivity contribution in [3.8, 4) is 0 Å². The average molecular weight is 329 g/mol. The van der Waals surface area contributed by atoms with Gasteiger partial charge in [-0.05, 0) is 30.5 Å². The molecule has 0 saturated carbocycles. The smallest absolute Gasteiger partial charge is 0.315 e. The largest absolute Gasteiger partial charge is 0.389 e. The van der Waals surface area contributed by atoms with Gasteiger partial charge in [-0.25, -0.2) is 4.79 Å². The van der Waals surface area contributed by atoms with Gasteiger partial charge in [-0.15, -0.1) is 0 Å². The van der Waals surface area contributed by atoms with E-state index in [1.807, 2.05) is 32.9 Å². The third kappa shape index (κ3) is 7.64. The maximum atomic E-state index is 11.8. The zero-order valence-corrected chi connectivity index (χ0v) is 14.1. The van der Waals surface area contributed by atoms with Gasteiger partial charge in [0, 0.05) is 18.2 Å². The highest BCUT2D eigenvalue weighted by atomic mass is 35.5. The van der Waals surface area contributed by atoms with Gasteiger partial charge in [0.05, 0.1) is 18.8 Å². The molecule has 0 heterocycles. The Morgan fingerprint density at radius 1 is 1.23 bits per heavy atom. The lowest BCUT2D eigenvalue weighted by atomic mass is 10.1. The maximum absolute atomic E-state index is 11.8. The Morgan fingerprint density at radius 2 is 1.86 bits per heavy atom. The van der Waals surface area contributed by atoms with Gasteiger partial charge >= 0.3 is 6.03 Å². The Kier molecular flexibility index (Phi) is 8.24. The normalized spacial score (nSPS) is 13.7. The molecule has 1 aromatic carbocycles. The summed E-state index contributed by atoms with van der Waals surface area (Å²) in [5.74, 6) is 0.420. The van der Waals surface area contributed by atoms with Crippen LogP contribution in [0.4, 0.5) is 4.79 Å². The van der Waals surface area contributed by atoms with Crippen molar-refractivity contribution in [3.63, 3.8) is 0 Å². The number of hydrogen-bond donors (Lipinski definition) is 3. The number of aliphatic hydroxyl groups is 1. The first-order valence-electron chi connectivity index (χ1n) is 7.44. The minimum absolute atomic E-state index is 0.147. The molecule has 1 rings (SSSR count).